The predicted octanol–water partition coefficient (Wildman–Crippen LogP) is 3.75. The van der Waals surface area contributed by atoms with Gasteiger partial charge in [0.2, 0.25) is 6.79 Å². The summed E-state index contributed by atoms with van der Waals surface area (Å²) in [5.41, 5.74) is 1.38. The van der Waals surface area contributed by atoms with E-state index in [0.29, 0.717) is 40.3 Å². The van der Waals surface area contributed by atoms with E-state index in [4.69, 9.17) is 30.5 Å². The number of carbonyl (C=O) groups is 1. The predicted molar refractivity (Wildman–Crippen MR) is 97.6 cm³/mol. The molecule has 138 valence electrons. The number of methoxy groups -OCH3 is 2. The van der Waals surface area contributed by atoms with Gasteiger partial charge in [0.15, 0.2) is 11.5 Å². The molecule has 1 aliphatic heterocycles. The van der Waals surface area contributed by atoms with Crippen molar-refractivity contribution in [2.24, 2.45) is 0 Å². The smallest absolute Gasteiger partial charge is 0.321 e. The van der Waals surface area contributed by atoms with E-state index >= 15 is 0 Å². The highest BCUT2D eigenvalue weighted by Crippen LogP contribution is 2.36. The summed E-state index contributed by atoms with van der Waals surface area (Å²) in [7, 11) is 4.71. The highest BCUT2D eigenvalue weighted by molar-refractivity contribution is 6.32. The fourth-order valence-electron chi connectivity index (χ4n) is 2.55. The highest BCUT2D eigenvalue weighted by atomic mass is 35.5. The molecule has 2 aromatic carbocycles. The fraction of sp³-hybridized carbons (Fsp3) is 0.278. The lowest BCUT2D eigenvalue weighted by molar-refractivity contribution is 0.174. The second-order valence-electron chi connectivity index (χ2n) is 5.66. The minimum atomic E-state index is -0.304. The van der Waals surface area contributed by atoms with Crippen LogP contribution >= 0.6 is 11.6 Å². The van der Waals surface area contributed by atoms with Crippen LogP contribution in [0.1, 0.15) is 5.56 Å². The molecule has 2 amide bonds. The molecule has 1 heterocycles. The van der Waals surface area contributed by atoms with Crippen molar-refractivity contribution in [1.29, 1.82) is 0 Å². The van der Waals surface area contributed by atoms with Crippen LogP contribution in [0.2, 0.25) is 5.02 Å². The zero-order valence-corrected chi connectivity index (χ0v) is 15.4. The summed E-state index contributed by atoms with van der Waals surface area (Å²) in [5, 5.41) is 3.17. The molecule has 2 aromatic rings. The molecule has 0 aliphatic carbocycles. The van der Waals surface area contributed by atoms with Gasteiger partial charge in [-0.2, -0.15) is 0 Å². The molecule has 0 saturated carbocycles. The van der Waals surface area contributed by atoms with E-state index in [2.05, 4.69) is 5.32 Å². The van der Waals surface area contributed by atoms with Gasteiger partial charge in [-0.05, 0) is 23.8 Å². The number of nitrogens with one attached hydrogen (secondary N) is 1. The third-order valence-corrected chi connectivity index (χ3v) is 4.21. The molecule has 0 unspecified atom stereocenters. The standard InChI is InChI=1S/C18H19ClN2O5/c1-21(9-11-4-5-14-17(6-11)26-10-25-14)18(22)20-13-7-12(19)15(23-2)8-16(13)24-3/h4-8H,9-10H2,1-3H3,(H,20,22). The Balaban J connectivity index is 1.70. The summed E-state index contributed by atoms with van der Waals surface area (Å²) in [4.78, 5) is 14.1. The third-order valence-electron chi connectivity index (χ3n) is 3.92. The van der Waals surface area contributed by atoms with Gasteiger partial charge < -0.3 is 29.2 Å². The van der Waals surface area contributed by atoms with Crippen molar-refractivity contribution in [3.8, 4) is 23.0 Å². The lowest BCUT2D eigenvalue weighted by atomic mass is 10.2. The number of nitrogens with zero attached hydrogens (tertiary/aromatic N) is 1. The minimum Gasteiger partial charge on any atom is -0.495 e. The molecule has 7 nitrogen and oxygen atoms in total. The van der Waals surface area contributed by atoms with Crippen LogP contribution in [0.5, 0.6) is 23.0 Å². The molecule has 0 bridgehead atoms. The number of anilines is 1. The number of benzene rings is 2. The first-order valence-corrected chi connectivity index (χ1v) is 8.21. The van der Waals surface area contributed by atoms with Crippen molar-refractivity contribution in [2.75, 3.05) is 33.4 Å². The number of carbonyl (C=O) groups excluding carboxylic acids is 1. The van der Waals surface area contributed by atoms with Gasteiger partial charge in [-0.3, -0.25) is 0 Å². The highest BCUT2D eigenvalue weighted by Gasteiger charge is 2.17. The molecule has 0 radical (unpaired) electrons. The van der Waals surface area contributed by atoms with Crippen LogP contribution in [0.15, 0.2) is 30.3 Å². The molecule has 3 rings (SSSR count). The van der Waals surface area contributed by atoms with Crippen LogP contribution in [0.3, 0.4) is 0 Å². The van der Waals surface area contributed by atoms with E-state index in [9.17, 15) is 4.79 Å². The SMILES string of the molecule is COc1cc(OC)c(NC(=O)N(C)Cc2ccc3c(c2)OCO3)cc1Cl. The summed E-state index contributed by atoms with van der Waals surface area (Å²) < 4.78 is 21.1. The number of halogens is 1. The lowest BCUT2D eigenvalue weighted by Crippen LogP contribution is -2.31. The zero-order valence-electron chi connectivity index (χ0n) is 14.7. The van der Waals surface area contributed by atoms with Crippen LogP contribution in [0.4, 0.5) is 10.5 Å². The molecule has 1 aliphatic rings. The molecule has 0 saturated heterocycles. The van der Waals surface area contributed by atoms with Gasteiger partial charge in [0.1, 0.15) is 11.5 Å². The van der Waals surface area contributed by atoms with Gasteiger partial charge in [-0.15, -0.1) is 0 Å². The number of hydrogen-bond donors (Lipinski definition) is 1. The maximum Gasteiger partial charge on any atom is 0.321 e. The van der Waals surface area contributed by atoms with Gasteiger partial charge >= 0.3 is 6.03 Å². The Hall–Kier alpha value is -2.80. The number of rotatable bonds is 5. The molecule has 0 atom stereocenters. The minimum absolute atomic E-state index is 0.215. The van der Waals surface area contributed by atoms with Crippen molar-refractivity contribution in [1.82, 2.24) is 4.90 Å². The van der Waals surface area contributed by atoms with Crippen molar-refractivity contribution in [2.45, 2.75) is 6.54 Å². The first kappa shape index (κ1) is 18.0. The van der Waals surface area contributed by atoms with E-state index in [1.807, 2.05) is 18.2 Å². The van der Waals surface area contributed by atoms with Crippen molar-refractivity contribution in [3.05, 3.63) is 40.9 Å². The van der Waals surface area contributed by atoms with E-state index in [1.54, 1.807) is 19.2 Å². The third kappa shape index (κ3) is 3.72. The first-order chi connectivity index (χ1) is 12.5. The van der Waals surface area contributed by atoms with Crippen molar-refractivity contribution in [3.63, 3.8) is 0 Å². The Labute approximate surface area is 156 Å². The summed E-state index contributed by atoms with van der Waals surface area (Å²) in [6.45, 7) is 0.613. The number of ether oxygens (including phenoxy) is 4. The summed E-state index contributed by atoms with van der Waals surface area (Å²) >= 11 is 6.13. The maximum atomic E-state index is 12.5. The number of urea groups is 1. The molecule has 0 spiro atoms. The maximum absolute atomic E-state index is 12.5. The summed E-state index contributed by atoms with van der Waals surface area (Å²) in [5.74, 6) is 2.31. The molecule has 0 aromatic heterocycles. The van der Waals surface area contributed by atoms with Crippen molar-refractivity contribution < 1.29 is 23.7 Å². The second kappa shape index (κ2) is 7.61. The quantitative estimate of drug-likeness (QED) is 0.858. The van der Waals surface area contributed by atoms with Gasteiger partial charge in [-0.1, -0.05) is 17.7 Å². The van der Waals surface area contributed by atoms with E-state index in [1.165, 1.54) is 19.1 Å². The van der Waals surface area contributed by atoms with E-state index in [-0.39, 0.29) is 12.8 Å². The number of amides is 2. The Morgan fingerprint density at radius 1 is 1.15 bits per heavy atom. The van der Waals surface area contributed by atoms with Crippen LogP contribution in [-0.4, -0.2) is 39.0 Å². The second-order valence-corrected chi connectivity index (χ2v) is 6.07. The largest absolute Gasteiger partial charge is 0.495 e. The van der Waals surface area contributed by atoms with Gasteiger partial charge in [0.25, 0.3) is 0 Å². The molecule has 26 heavy (non-hydrogen) atoms. The van der Waals surface area contributed by atoms with Gasteiger partial charge in [-0.25, -0.2) is 4.79 Å². The Morgan fingerprint density at radius 3 is 2.62 bits per heavy atom. The van der Waals surface area contributed by atoms with Crippen LogP contribution in [0.25, 0.3) is 0 Å². The van der Waals surface area contributed by atoms with Crippen molar-refractivity contribution >= 4 is 23.3 Å². The normalized spacial score (nSPS) is 11.8. The fourth-order valence-corrected chi connectivity index (χ4v) is 2.79. The van der Waals surface area contributed by atoms with Crippen LogP contribution < -0.4 is 24.3 Å². The summed E-state index contributed by atoms with van der Waals surface area (Å²) in [6.07, 6.45) is 0. The van der Waals surface area contributed by atoms with Crippen LogP contribution in [-0.2, 0) is 6.54 Å². The molecular formula is C18H19ClN2O5. The topological polar surface area (TPSA) is 69.3 Å². The van der Waals surface area contributed by atoms with Gasteiger partial charge in [0.05, 0.1) is 24.9 Å². The monoisotopic (exact) mass is 378 g/mol. The zero-order chi connectivity index (χ0) is 18.7. The Bertz CT molecular complexity index is 827. The summed E-state index contributed by atoms with van der Waals surface area (Å²) in [6, 6.07) is 8.48. The lowest BCUT2D eigenvalue weighted by Gasteiger charge is -2.20. The van der Waals surface area contributed by atoms with E-state index in [0.717, 1.165) is 5.56 Å². The number of fused-ring (bicyclic) bond motifs is 1. The average Bonchev–Trinajstić information content (AvgIpc) is 3.09. The molecular weight excluding hydrogens is 360 g/mol. The Morgan fingerprint density at radius 2 is 1.88 bits per heavy atom. The average molecular weight is 379 g/mol. The van der Waals surface area contributed by atoms with Crippen LogP contribution in [0, 0.1) is 0 Å². The van der Waals surface area contributed by atoms with Gasteiger partial charge in [0, 0.05) is 19.7 Å². The number of hydrogen-bond acceptors (Lipinski definition) is 5. The molecule has 0 fully saturated rings. The first-order valence-electron chi connectivity index (χ1n) is 7.84. The molecule has 1 N–H and O–H groups in total. The van der Waals surface area contributed by atoms with E-state index < -0.39 is 0 Å². The Kier molecular flexibility index (Phi) is 5.27. The molecule has 8 heteroatoms.